The van der Waals surface area contributed by atoms with Crippen molar-refractivity contribution in [2.24, 2.45) is 5.73 Å². The summed E-state index contributed by atoms with van der Waals surface area (Å²) < 4.78 is 0. The third-order valence-electron chi connectivity index (χ3n) is 3.17. The van der Waals surface area contributed by atoms with Crippen molar-refractivity contribution in [2.45, 2.75) is 37.6 Å². The zero-order chi connectivity index (χ0) is 10.7. The van der Waals surface area contributed by atoms with Crippen molar-refractivity contribution in [3.8, 4) is 0 Å². The monoisotopic (exact) mass is 204 g/mol. The molecule has 0 aliphatic heterocycles. The van der Waals surface area contributed by atoms with Gasteiger partial charge in [0.15, 0.2) is 5.78 Å². The Bertz CT molecular complexity index is 342. The molecule has 0 unspecified atom stereocenters. The standard InChI is InChI=1S/C12H16N2O/c13-12(5-1-2-6-12)11(15)9-10-3-7-14-8-4-10/h3-4,7-8H,1-2,5-6,9,13H2. The van der Waals surface area contributed by atoms with E-state index in [1.807, 2.05) is 12.1 Å². The molecule has 1 fully saturated rings. The second-order valence-electron chi connectivity index (χ2n) is 4.32. The Balaban J connectivity index is 2.04. The van der Waals surface area contributed by atoms with E-state index in [-0.39, 0.29) is 5.78 Å². The van der Waals surface area contributed by atoms with Crippen LogP contribution in [-0.4, -0.2) is 16.3 Å². The number of hydrogen-bond acceptors (Lipinski definition) is 3. The van der Waals surface area contributed by atoms with Gasteiger partial charge < -0.3 is 5.73 Å². The number of aromatic nitrogens is 1. The first-order valence-corrected chi connectivity index (χ1v) is 5.42. The van der Waals surface area contributed by atoms with Crippen LogP contribution in [0.4, 0.5) is 0 Å². The number of rotatable bonds is 3. The average Bonchev–Trinajstić information content (AvgIpc) is 2.68. The van der Waals surface area contributed by atoms with Crippen molar-refractivity contribution in [3.05, 3.63) is 30.1 Å². The van der Waals surface area contributed by atoms with E-state index in [0.717, 1.165) is 31.2 Å². The van der Waals surface area contributed by atoms with Gasteiger partial charge >= 0.3 is 0 Å². The summed E-state index contributed by atoms with van der Waals surface area (Å²) in [5, 5.41) is 0. The molecular formula is C12H16N2O. The van der Waals surface area contributed by atoms with Crippen LogP contribution in [0, 0.1) is 0 Å². The maximum Gasteiger partial charge on any atom is 0.156 e. The van der Waals surface area contributed by atoms with E-state index in [2.05, 4.69) is 4.98 Å². The maximum atomic E-state index is 12.0. The van der Waals surface area contributed by atoms with E-state index in [1.165, 1.54) is 0 Å². The van der Waals surface area contributed by atoms with Crippen LogP contribution in [0.5, 0.6) is 0 Å². The molecule has 2 N–H and O–H groups in total. The first kappa shape index (κ1) is 10.3. The Labute approximate surface area is 89.7 Å². The van der Waals surface area contributed by atoms with Crippen molar-refractivity contribution in [2.75, 3.05) is 0 Å². The zero-order valence-electron chi connectivity index (χ0n) is 8.78. The van der Waals surface area contributed by atoms with Crippen molar-refractivity contribution in [3.63, 3.8) is 0 Å². The van der Waals surface area contributed by atoms with Crippen molar-refractivity contribution in [1.29, 1.82) is 0 Å². The van der Waals surface area contributed by atoms with E-state index >= 15 is 0 Å². The summed E-state index contributed by atoms with van der Waals surface area (Å²) in [5.74, 6) is 0.172. The predicted octanol–water partition coefficient (Wildman–Crippen LogP) is 1.46. The normalized spacial score (nSPS) is 19.0. The third kappa shape index (κ3) is 2.23. The van der Waals surface area contributed by atoms with Crippen LogP contribution in [0.25, 0.3) is 0 Å². The number of pyridine rings is 1. The third-order valence-corrected chi connectivity index (χ3v) is 3.17. The van der Waals surface area contributed by atoms with Gasteiger partial charge in [0.1, 0.15) is 0 Å². The highest BCUT2D eigenvalue weighted by Gasteiger charge is 2.36. The topological polar surface area (TPSA) is 56.0 Å². The number of hydrogen-bond donors (Lipinski definition) is 1. The van der Waals surface area contributed by atoms with Gasteiger partial charge in [0.25, 0.3) is 0 Å². The fraction of sp³-hybridized carbons (Fsp3) is 0.500. The minimum absolute atomic E-state index is 0.172. The summed E-state index contributed by atoms with van der Waals surface area (Å²) in [6.07, 6.45) is 7.71. The Hall–Kier alpha value is -1.22. The molecule has 15 heavy (non-hydrogen) atoms. The summed E-state index contributed by atoms with van der Waals surface area (Å²) in [7, 11) is 0. The molecule has 80 valence electrons. The molecule has 1 aliphatic rings. The lowest BCUT2D eigenvalue weighted by molar-refractivity contribution is -0.123. The van der Waals surface area contributed by atoms with Crippen LogP contribution in [0.15, 0.2) is 24.5 Å². The first-order valence-electron chi connectivity index (χ1n) is 5.42. The Morgan fingerprint density at radius 3 is 2.53 bits per heavy atom. The lowest BCUT2D eigenvalue weighted by Gasteiger charge is -2.21. The molecule has 1 aliphatic carbocycles. The Morgan fingerprint density at radius 2 is 1.93 bits per heavy atom. The summed E-state index contributed by atoms with van der Waals surface area (Å²) in [4.78, 5) is 15.9. The smallest absolute Gasteiger partial charge is 0.156 e. The average molecular weight is 204 g/mol. The molecule has 0 amide bonds. The van der Waals surface area contributed by atoms with Crippen LogP contribution >= 0.6 is 0 Å². The van der Waals surface area contributed by atoms with Gasteiger partial charge in [0, 0.05) is 18.8 Å². The molecule has 0 radical (unpaired) electrons. The number of carbonyl (C=O) groups is 1. The van der Waals surface area contributed by atoms with E-state index in [1.54, 1.807) is 12.4 Å². The predicted molar refractivity (Wildman–Crippen MR) is 58.3 cm³/mol. The lowest BCUT2D eigenvalue weighted by Crippen LogP contribution is -2.46. The Morgan fingerprint density at radius 1 is 1.33 bits per heavy atom. The van der Waals surface area contributed by atoms with Crippen LogP contribution in [0.3, 0.4) is 0 Å². The Kier molecular flexibility index (Phi) is 2.82. The van der Waals surface area contributed by atoms with Gasteiger partial charge in [-0.2, -0.15) is 0 Å². The van der Waals surface area contributed by atoms with Crippen molar-refractivity contribution < 1.29 is 4.79 Å². The quantitative estimate of drug-likeness (QED) is 0.811. The summed E-state index contributed by atoms with van der Waals surface area (Å²) in [5.41, 5.74) is 6.54. The molecule has 0 bridgehead atoms. The highest BCUT2D eigenvalue weighted by atomic mass is 16.1. The lowest BCUT2D eigenvalue weighted by atomic mass is 9.89. The van der Waals surface area contributed by atoms with Crippen LogP contribution < -0.4 is 5.73 Å². The molecule has 0 spiro atoms. The summed E-state index contributed by atoms with van der Waals surface area (Å²) in [6, 6.07) is 3.74. The van der Waals surface area contributed by atoms with E-state index in [9.17, 15) is 4.79 Å². The highest BCUT2D eigenvalue weighted by molar-refractivity contribution is 5.90. The maximum absolute atomic E-state index is 12.0. The van der Waals surface area contributed by atoms with Crippen LogP contribution in [0.1, 0.15) is 31.2 Å². The van der Waals surface area contributed by atoms with Gasteiger partial charge in [-0.15, -0.1) is 0 Å². The van der Waals surface area contributed by atoms with Crippen molar-refractivity contribution in [1.82, 2.24) is 4.98 Å². The molecular weight excluding hydrogens is 188 g/mol. The van der Waals surface area contributed by atoms with Gasteiger partial charge in [-0.3, -0.25) is 9.78 Å². The van der Waals surface area contributed by atoms with Crippen LogP contribution in [-0.2, 0) is 11.2 Å². The second-order valence-corrected chi connectivity index (χ2v) is 4.32. The first-order chi connectivity index (χ1) is 7.21. The van der Waals surface area contributed by atoms with Gasteiger partial charge in [-0.25, -0.2) is 0 Å². The van der Waals surface area contributed by atoms with Gasteiger partial charge in [0.05, 0.1) is 5.54 Å². The molecule has 3 nitrogen and oxygen atoms in total. The minimum Gasteiger partial charge on any atom is -0.319 e. The van der Waals surface area contributed by atoms with E-state index in [0.29, 0.717) is 6.42 Å². The molecule has 2 rings (SSSR count). The molecule has 1 saturated carbocycles. The highest BCUT2D eigenvalue weighted by Crippen LogP contribution is 2.28. The molecule has 3 heteroatoms. The SMILES string of the molecule is NC1(C(=O)Cc2ccncc2)CCCC1. The number of ketones is 1. The molecule has 1 aromatic heterocycles. The zero-order valence-corrected chi connectivity index (χ0v) is 8.78. The van der Waals surface area contributed by atoms with Gasteiger partial charge in [-0.05, 0) is 30.5 Å². The number of carbonyl (C=O) groups excluding carboxylic acids is 1. The summed E-state index contributed by atoms with van der Waals surface area (Å²) in [6.45, 7) is 0. The van der Waals surface area contributed by atoms with E-state index < -0.39 is 5.54 Å². The fourth-order valence-corrected chi connectivity index (χ4v) is 2.15. The fourth-order valence-electron chi connectivity index (χ4n) is 2.15. The number of nitrogens with two attached hydrogens (primary N) is 1. The van der Waals surface area contributed by atoms with Crippen LogP contribution in [0.2, 0.25) is 0 Å². The minimum atomic E-state index is -0.552. The van der Waals surface area contributed by atoms with E-state index in [4.69, 9.17) is 5.73 Å². The second kappa shape index (κ2) is 4.11. The largest absolute Gasteiger partial charge is 0.319 e. The van der Waals surface area contributed by atoms with Gasteiger partial charge in [0.2, 0.25) is 0 Å². The molecule has 0 aromatic carbocycles. The molecule has 0 atom stereocenters. The molecule has 1 heterocycles. The van der Waals surface area contributed by atoms with Crippen molar-refractivity contribution >= 4 is 5.78 Å². The molecule has 0 saturated heterocycles. The number of nitrogens with zero attached hydrogens (tertiary/aromatic N) is 1. The summed E-state index contributed by atoms with van der Waals surface area (Å²) >= 11 is 0. The van der Waals surface area contributed by atoms with Gasteiger partial charge in [-0.1, -0.05) is 12.8 Å². The molecule has 1 aromatic rings. The number of Topliss-reactive ketones (excluding diaryl/α,β-unsaturated/α-hetero) is 1.